The van der Waals surface area contributed by atoms with Gasteiger partial charge in [-0.05, 0) is 101 Å². The zero-order chi connectivity index (χ0) is 39.5. The first kappa shape index (κ1) is 34.8. The number of hydrogen-bond acceptors (Lipinski definition) is 2. The van der Waals surface area contributed by atoms with Gasteiger partial charge in [-0.15, -0.1) is 0 Å². The number of rotatable bonds is 6. The monoisotopic (exact) mass is 752 g/mol. The van der Waals surface area contributed by atoms with Crippen molar-refractivity contribution in [1.82, 2.24) is 9.97 Å². The summed E-state index contributed by atoms with van der Waals surface area (Å²) in [5, 5.41) is 4.89. The molecule has 9 aromatic carbocycles. The van der Waals surface area contributed by atoms with Crippen LogP contribution < -0.4 is 0 Å². The van der Waals surface area contributed by atoms with Crippen LogP contribution in [0.15, 0.2) is 206 Å². The lowest BCUT2D eigenvalue weighted by Crippen LogP contribution is -2.14. The standard InChI is InChI=1S/C57H40N2/c1-57(2)51-32-29-43(35-50(51)55-46-21-10-9-16-39(46)28-33-52(55)57)42-19-13-20-44(34-42)45-30-31-49(48-23-12-11-22-47(45)48)56-58-53(40-17-7-4-8-18-40)36-54(59-56)41-26-24-38(25-27-41)37-14-5-3-6-15-37/h3-36H,1-2H3. The van der Waals surface area contributed by atoms with Gasteiger partial charge >= 0.3 is 0 Å². The minimum atomic E-state index is -0.0617. The molecule has 0 fully saturated rings. The molecule has 2 nitrogen and oxygen atoms in total. The summed E-state index contributed by atoms with van der Waals surface area (Å²) in [4.78, 5) is 10.5. The van der Waals surface area contributed by atoms with Gasteiger partial charge in [-0.25, -0.2) is 9.97 Å². The highest BCUT2D eigenvalue weighted by Crippen LogP contribution is 2.52. The third-order valence-corrected chi connectivity index (χ3v) is 12.3. The molecule has 0 saturated carbocycles. The van der Waals surface area contributed by atoms with Crippen molar-refractivity contribution in [1.29, 1.82) is 0 Å². The van der Waals surface area contributed by atoms with Crippen molar-refractivity contribution in [3.05, 3.63) is 217 Å². The molecule has 59 heavy (non-hydrogen) atoms. The topological polar surface area (TPSA) is 25.8 Å². The van der Waals surface area contributed by atoms with Crippen LogP contribution in [-0.2, 0) is 5.41 Å². The molecule has 0 unspecified atom stereocenters. The van der Waals surface area contributed by atoms with E-state index in [1.54, 1.807) is 0 Å². The van der Waals surface area contributed by atoms with E-state index in [9.17, 15) is 0 Å². The maximum atomic E-state index is 5.27. The molecule has 1 aromatic heterocycles. The van der Waals surface area contributed by atoms with Crippen LogP contribution in [0.5, 0.6) is 0 Å². The number of aromatic nitrogens is 2. The molecule has 10 aromatic rings. The molecule has 1 aliphatic carbocycles. The maximum Gasteiger partial charge on any atom is 0.161 e. The van der Waals surface area contributed by atoms with Gasteiger partial charge in [0, 0.05) is 22.1 Å². The summed E-state index contributed by atoms with van der Waals surface area (Å²) in [5.74, 6) is 0.707. The summed E-state index contributed by atoms with van der Waals surface area (Å²) < 4.78 is 0. The highest BCUT2D eigenvalue weighted by atomic mass is 14.9. The van der Waals surface area contributed by atoms with Gasteiger partial charge in [0.2, 0.25) is 0 Å². The van der Waals surface area contributed by atoms with Gasteiger partial charge < -0.3 is 0 Å². The summed E-state index contributed by atoms with van der Waals surface area (Å²) in [5.41, 5.74) is 17.5. The second kappa shape index (κ2) is 13.9. The van der Waals surface area contributed by atoms with Gasteiger partial charge in [0.1, 0.15) is 0 Å². The van der Waals surface area contributed by atoms with Crippen molar-refractivity contribution in [3.8, 4) is 78.4 Å². The molecule has 278 valence electrons. The van der Waals surface area contributed by atoms with Crippen LogP contribution in [0.3, 0.4) is 0 Å². The minimum Gasteiger partial charge on any atom is -0.228 e. The SMILES string of the molecule is CC1(C)c2ccc(-c3cccc(-c4ccc(-c5nc(-c6ccccc6)cc(-c6ccc(-c7ccccc7)cc6)n5)c5ccccc45)c3)cc2-c2c1ccc1ccccc21. The number of benzene rings is 9. The molecule has 2 heteroatoms. The second-order valence-electron chi connectivity index (χ2n) is 16.2. The van der Waals surface area contributed by atoms with Gasteiger partial charge in [-0.1, -0.05) is 196 Å². The Morgan fingerprint density at radius 1 is 0.322 bits per heavy atom. The first-order chi connectivity index (χ1) is 29.0. The Labute approximate surface area is 345 Å². The summed E-state index contributed by atoms with van der Waals surface area (Å²) in [7, 11) is 0. The number of nitrogens with zero attached hydrogens (tertiary/aromatic N) is 2. The van der Waals surface area contributed by atoms with E-state index in [4.69, 9.17) is 9.97 Å². The Morgan fingerprint density at radius 3 is 1.58 bits per heavy atom. The molecular weight excluding hydrogens is 713 g/mol. The quantitative estimate of drug-likeness (QED) is 0.169. The highest BCUT2D eigenvalue weighted by molar-refractivity contribution is 6.05. The van der Waals surface area contributed by atoms with Crippen molar-refractivity contribution < 1.29 is 0 Å². The van der Waals surface area contributed by atoms with Crippen molar-refractivity contribution in [2.45, 2.75) is 19.3 Å². The van der Waals surface area contributed by atoms with E-state index in [0.717, 1.165) is 33.5 Å². The third kappa shape index (κ3) is 5.96. The molecule has 0 bridgehead atoms. The summed E-state index contributed by atoms with van der Waals surface area (Å²) in [6, 6.07) is 74.3. The van der Waals surface area contributed by atoms with Crippen LogP contribution in [0.2, 0.25) is 0 Å². The molecule has 0 radical (unpaired) electrons. The van der Waals surface area contributed by atoms with E-state index < -0.39 is 0 Å². The summed E-state index contributed by atoms with van der Waals surface area (Å²) in [6.07, 6.45) is 0. The first-order valence-corrected chi connectivity index (χ1v) is 20.4. The Balaban J connectivity index is 1.01. The molecule has 11 rings (SSSR count). The number of fused-ring (bicyclic) bond motifs is 6. The van der Waals surface area contributed by atoms with Gasteiger partial charge in [-0.3, -0.25) is 0 Å². The van der Waals surface area contributed by atoms with Crippen LogP contribution in [0.25, 0.3) is 100.0 Å². The fourth-order valence-electron chi connectivity index (χ4n) is 9.25. The van der Waals surface area contributed by atoms with Gasteiger partial charge in [0.15, 0.2) is 5.82 Å². The van der Waals surface area contributed by atoms with Crippen molar-refractivity contribution in [2.24, 2.45) is 0 Å². The van der Waals surface area contributed by atoms with E-state index in [-0.39, 0.29) is 5.41 Å². The van der Waals surface area contributed by atoms with Crippen molar-refractivity contribution >= 4 is 21.5 Å². The molecule has 0 N–H and O–H groups in total. The van der Waals surface area contributed by atoms with E-state index in [1.807, 2.05) is 6.07 Å². The third-order valence-electron chi connectivity index (χ3n) is 12.3. The van der Waals surface area contributed by atoms with Gasteiger partial charge in [0.25, 0.3) is 0 Å². The van der Waals surface area contributed by atoms with E-state index in [0.29, 0.717) is 5.82 Å². The smallest absolute Gasteiger partial charge is 0.161 e. The Bertz CT molecular complexity index is 3220. The predicted octanol–water partition coefficient (Wildman–Crippen LogP) is 15.1. The fraction of sp³-hybridized carbons (Fsp3) is 0.0526. The molecule has 0 saturated heterocycles. The lowest BCUT2D eigenvalue weighted by molar-refractivity contribution is 0.661. The second-order valence-corrected chi connectivity index (χ2v) is 16.2. The normalized spacial score (nSPS) is 12.7. The predicted molar refractivity (Wildman–Crippen MR) is 247 cm³/mol. The molecule has 1 heterocycles. The van der Waals surface area contributed by atoms with E-state index in [2.05, 4.69) is 214 Å². The van der Waals surface area contributed by atoms with Gasteiger partial charge in [0.05, 0.1) is 11.4 Å². The van der Waals surface area contributed by atoms with Crippen LogP contribution in [0.1, 0.15) is 25.0 Å². The van der Waals surface area contributed by atoms with Crippen LogP contribution in [0, 0.1) is 0 Å². The van der Waals surface area contributed by atoms with Crippen LogP contribution >= 0.6 is 0 Å². The van der Waals surface area contributed by atoms with Crippen molar-refractivity contribution in [3.63, 3.8) is 0 Å². The first-order valence-electron chi connectivity index (χ1n) is 20.4. The minimum absolute atomic E-state index is 0.0617. The highest BCUT2D eigenvalue weighted by Gasteiger charge is 2.36. The maximum absolute atomic E-state index is 5.27. The van der Waals surface area contributed by atoms with Crippen LogP contribution in [-0.4, -0.2) is 9.97 Å². The molecule has 1 aliphatic rings. The molecule has 0 amide bonds. The molecule has 0 aliphatic heterocycles. The zero-order valence-corrected chi connectivity index (χ0v) is 33.0. The Kier molecular flexibility index (Phi) is 8.20. The van der Waals surface area contributed by atoms with E-state index >= 15 is 0 Å². The average molecular weight is 753 g/mol. The summed E-state index contributed by atoms with van der Waals surface area (Å²) in [6.45, 7) is 4.71. The largest absolute Gasteiger partial charge is 0.228 e. The molecule has 0 spiro atoms. The Hall–Kier alpha value is -7.42. The van der Waals surface area contributed by atoms with Crippen molar-refractivity contribution in [2.75, 3.05) is 0 Å². The summed E-state index contributed by atoms with van der Waals surface area (Å²) >= 11 is 0. The zero-order valence-electron chi connectivity index (χ0n) is 33.0. The van der Waals surface area contributed by atoms with E-state index in [1.165, 1.54) is 71.8 Å². The molecular formula is C57H40N2. The Morgan fingerprint density at radius 2 is 0.831 bits per heavy atom. The average Bonchev–Trinajstić information content (AvgIpc) is 3.54. The van der Waals surface area contributed by atoms with Crippen LogP contribution in [0.4, 0.5) is 0 Å². The lowest BCUT2D eigenvalue weighted by Gasteiger charge is -2.21. The number of hydrogen-bond donors (Lipinski definition) is 0. The van der Waals surface area contributed by atoms with Gasteiger partial charge in [-0.2, -0.15) is 0 Å². The molecule has 0 atom stereocenters. The fourth-order valence-corrected chi connectivity index (χ4v) is 9.25. The lowest BCUT2D eigenvalue weighted by atomic mass is 9.82.